The number of carbonyl (C=O) groups excluding carboxylic acids is 2. The zero-order valence-electron chi connectivity index (χ0n) is 40.2. The van der Waals surface area contributed by atoms with E-state index in [4.69, 9.17) is 9.47 Å². The van der Waals surface area contributed by atoms with Crippen molar-refractivity contribution in [1.82, 2.24) is 5.32 Å². The summed E-state index contributed by atoms with van der Waals surface area (Å²) in [5, 5.41) is 14.2. The SMILES string of the molecule is CCCCCCCCCCCCCCCCCCOC(=O)CCP(=O)(CCC(=O)OCCCCCCCCCCCCCCCCCC)C1(O)CC(C)(C)NC(C)(C)C1. The Morgan fingerprint density at radius 1 is 0.458 bits per heavy atom. The molecule has 0 aromatic heterocycles. The van der Waals surface area contributed by atoms with Crippen LogP contribution in [0.2, 0.25) is 0 Å². The summed E-state index contributed by atoms with van der Waals surface area (Å²) in [6, 6.07) is 0. The van der Waals surface area contributed by atoms with Crippen LogP contribution in [0.4, 0.5) is 0 Å². The number of ether oxygens (including phenoxy) is 2. The molecule has 1 fully saturated rings. The average molecular weight is 854 g/mol. The third kappa shape index (κ3) is 29.9. The molecule has 1 aliphatic rings. The summed E-state index contributed by atoms with van der Waals surface area (Å²) in [6.45, 7) is 13.4. The number of rotatable bonds is 41. The summed E-state index contributed by atoms with van der Waals surface area (Å²) < 4.78 is 26.0. The van der Waals surface area contributed by atoms with Crippen molar-refractivity contribution < 1.29 is 28.7 Å². The molecule has 0 aromatic carbocycles. The van der Waals surface area contributed by atoms with E-state index in [-0.39, 0.29) is 37.1 Å². The van der Waals surface area contributed by atoms with Crippen LogP contribution in [0.25, 0.3) is 0 Å². The maximum atomic E-state index is 14.8. The minimum atomic E-state index is -3.42. The first-order valence-corrected chi connectivity index (χ1v) is 27.8. The number of nitrogens with one attached hydrogen (secondary N) is 1. The van der Waals surface area contributed by atoms with Gasteiger partial charge in [-0.2, -0.15) is 0 Å². The van der Waals surface area contributed by atoms with Gasteiger partial charge >= 0.3 is 11.9 Å². The standard InChI is InChI=1S/C51H100NO6P/c1-7-9-11-13-15-17-19-21-23-25-27-29-31-33-35-37-41-57-47(53)39-43-59(56,51(55)45-49(3,4)52-50(5,6)46-51)44-40-48(54)58-42-38-36-34-32-30-28-26-24-22-20-18-16-14-12-10-8-2/h52,55H,7-46H2,1-6H3. The van der Waals surface area contributed by atoms with Crippen molar-refractivity contribution >= 4 is 19.1 Å². The van der Waals surface area contributed by atoms with Gasteiger partial charge in [0.1, 0.15) is 12.5 Å². The minimum absolute atomic E-state index is 0.0129. The maximum Gasteiger partial charge on any atom is 0.306 e. The van der Waals surface area contributed by atoms with Crippen LogP contribution in [0.3, 0.4) is 0 Å². The summed E-state index contributed by atoms with van der Waals surface area (Å²) in [4.78, 5) is 25.8. The normalized spacial score (nSPS) is 16.0. The monoisotopic (exact) mass is 854 g/mol. The van der Waals surface area contributed by atoms with E-state index < -0.39 is 23.6 Å². The van der Waals surface area contributed by atoms with Gasteiger partial charge in [0, 0.05) is 36.2 Å². The second kappa shape index (κ2) is 34.6. The number of hydrogen-bond donors (Lipinski definition) is 2. The van der Waals surface area contributed by atoms with Crippen LogP contribution in [0, 0.1) is 0 Å². The molecule has 1 heterocycles. The molecule has 59 heavy (non-hydrogen) atoms. The quantitative estimate of drug-likeness (QED) is 0.0359. The highest BCUT2D eigenvalue weighted by Gasteiger charge is 2.55. The zero-order chi connectivity index (χ0) is 43.6. The molecule has 0 atom stereocenters. The number of carbonyl (C=O) groups is 2. The minimum Gasteiger partial charge on any atom is -0.466 e. The third-order valence-electron chi connectivity index (χ3n) is 12.8. The lowest BCUT2D eigenvalue weighted by atomic mass is 9.80. The van der Waals surface area contributed by atoms with Crippen LogP contribution in [-0.4, -0.2) is 59.0 Å². The fourth-order valence-corrected chi connectivity index (χ4v) is 13.2. The van der Waals surface area contributed by atoms with Crippen LogP contribution in [0.1, 0.15) is 273 Å². The molecule has 7 nitrogen and oxygen atoms in total. The first-order valence-electron chi connectivity index (χ1n) is 25.7. The summed E-state index contributed by atoms with van der Waals surface area (Å²) >= 11 is 0. The second-order valence-electron chi connectivity index (χ2n) is 20.1. The Hall–Kier alpha value is -0.910. The van der Waals surface area contributed by atoms with Gasteiger partial charge in [-0.15, -0.1) is 0 Å². The highest BCUT2D eigenvalue weighted by molar-refractivity contribution is 7.65. The van der Waals surface area contributed by atoms with Gasteiger partial charge in [0.05, 0.1) is 26.1 Å². The van der Waals surface area contributed by atoms with Gasteiger partial charge in [0.15, 0.2) is 0 Å². The molecule has 1 saturated heterocycles. The Morgan fingerprint density at radius 2 is 0.695 bits per heavy atom. The molecule has 0 aromatic rings. The van der Waals surface area contributed by atoms with Gasteiger partial charge in [-0.25, -0.2) is 0 Å². The molecule has 1 aliphatic heterocycles. The lowest BCUT2D eigenvalue weighted by Gasteiger charge is -2.53. The first-order chi connectivity index (χ1) is 28.3. The maximum absolute atomic E-state index is 14.8. The Morgan fingerprint density at radius 3 is 0.949 bits per heavy atom. The van der Waals surface area contributed by atoms with E-state index in [0.717, 1.165) is 38.5 Å². The predicted octanol–water partition coefficient (Wildman–Crippen LogP) is 15.4. The average Bonchev–Trinajstić information content (AvgIpc) is 3.17. The van der Waals surface area contributed by atoms with Crippen molar-refractivity contribution in [2.24, 2.45) is 0 Å². The van der Waals surface area contributed by atoms with Gasteiger partial charge in [0.25, 0.3) is 0 Å². The van der Waals surface area contributed by atoms with Crippen LogP contribution >= 0.6 is 7.14 Å². The predicted molar refractivity (Wildman–Crippen MR) is 253 cm³/mol. The lowest BCUT2D eigenvalue weighted by Crippen LogP contribution is -2.63. The number of piperidine rings is 1. The zero-order valence-corrected chi connectivity index (χ0v) is 41.1. The van der Waals surface area contributed by atoms with E-state index >= 15 is 0 Å². The number of hydrogen-bond acceptors (Lipinski definition) is 7. The molecule has 0 saturated carbocycles. The third-order valence-corrected chi connectivity index (χ3v) is 16.5. The molecule has 0 unspecified atom stereocenters. The number of aliphatic hydroxyl groups is 1. The van der Waals surface area contributed by atoms with Gasteiger partial charge in [0.2, 0.25) is 0 Å². The van der Waals surface area contributed by atoms with Crippen molar-refractivity contribution in [1.29, 1.82) is 0 Å². The van der Waals surface area contributed by atoms with Gasteiger partial charge in [-0.1, -0.05) is 206 Å². The van der Waals surface area contributed by atoms with Crippen LogP contribution in [0.5, 0.6) is 0 Å². The molecule has 0 bridgehead atoms. The number of esters is 2. The highest BCUT2D eigenvalue weighted by Crippen LogP contribution is 2.64. The summed E-state index contributed by atoms with van der Waals surface area (Å²) in [5.74, 6) is -0.735. The van der Waals surface area contributed by atoms with Crippen molar-refractivity contribution in [2.75, 3.05) is 25.5 Å². The summed E-state index contributed by atoms with van der Waals surface area (Å²) in [7, 11) is -3.42. The van der Waals surface area contributed by atoms with Crippen LogP contribution in [-0.2, 0) is 23.6 Å². The summed E-state index contributed by atoms with van der Waals surface area (Å²) in [6.07, 6.45) is 42.1. The van der Waals surface area contributed by atoms with Crippen molar-refractivity contribution in [3.8, 4) is 0 Å². The van der Waals surface area contributed by atoms with Gasteiger partial charge < -0.3 is 24.5 Å². The fraction of sp³-hybridized carbons (Fsp3) is 0.961. The molecule has 0 amide bonds. The largest absolute Gasteiger partial charge is 0.466 e. The van der Waals surface area contributed by atoms with E-state index in [2.05, 4.69) is 19.2 Å². The van der Waals surface area contributed by atoms with E-state index in [1.807, 2.05) is 27.7 Å². The topological polar surface area (TPSA) is 102 Å². The molecule has 0 radical (unpaired) electrons. The van der Waals surface area contributed by atoms with E-state index in [1.165, 1.54) is 167 Å². The van der Waals surface area contributed by atoms with Crippen molar-refractivity contribution in [3.63, 3.8) is 0 Å². The van der Waals surface area contributed by atoms with Crippen LogP contribution < -0.4 is 5.32 Å². The molecular formula is C51H100NO6P. The first kappa shape index (κ1) is 56.1. The fourth-order valence-electron chi connectivity index (χ4n) is 9.66. The smallest absolute Gasteiger partial charge is 0.306 e. The second-order valence-corrected chi connectivity index (χ2v) is 23.6. The Kier molecular flexibility index (Phi) is 32.9. The van der Waals surface area contributed by atoms with E-state index in [9.17, 15) is 19.3 Å². The Labute approximate surface area is 366 Å². The molecule has 0 spiro atoms. The van der Waals surface area contributed by atoms with Crippen molar-refractivity contribution in [2.45, 2.75) is 289 Å². The number of unbranched alkanes of at least 4 members (excludes halogenated alkanes) is 30. The van der Waals surface area contributed by atoms with Crippen molar-refractivity contribution in [3.05, 3.63) is 0 Å². The molecule has 1 rings (SSSR count). The van der Waals surface area contributed by atoms with Gasteiger partial charge in [-0.05, 0) is 40.5 Å². The molecule has 0 aliphatic carbocycles. The Balaban J connectivity index is 2.32. The molecule has 2 N–H and O–H groups in total. The van der Waals surface area contributed by atoms with Gasteiger partial charge in [-0.3, -0.25) is 9.59 Å². The van der Waals surface area contributed by atoms with E-state index in [0.29, 0.717) is 26.1 Å². The molecule has 350 valence electrons. The molecule has 8 heteroatoms. The van der Waals surface area contributed by atoms with E-state index in [1.54, 1.807) is 0 Å². The summed E-state index contributed by atoms with van der Waals surface area (Å²) in [5.41, 5.74) is -0.901. The molecular weight excluding hydrogens is 754 g/mol. The lowest BCUT2D eigenvalue weighted by molar-refractivity contribution is -0.144. The van der Waals surface area contributed by atoms with Crippen LogP contribution in [0.15, 0.2) is 0 Å². The highest BCUT2D eigenvalue weighted by atomic mass is 31.2. The Bertz CT molecular complexity index is 1000.